The zero-order valence-corrected chi connectivity index (χ0v) is 12.6. The van der Waals surface area contributed by atoms with Crippen molar-refractivity contribution in [1.29, 1.82) is 0 Å². The van der Waals surface area contributed by atoms with Gasteiger partial charge in [-0.1, -0.05) is 45.7 Å². The molecule has 1 atom stereocenters. The molecule has 0 N–H and O–H groups in total. The molecule has 98 valence electrons. The highest BCUT2D eigenvalue weighted by Gasteiger charge is 2.23. The van der Waals surface area contributed by atoms with E-state index in [1.807, 2.05) is 29.2 Å². The molecule has 1 aliphatic heterocycles. The second-order valence-corrected chi connectivity index (χ2v) is 5.83. The van der Waals surface area contributed by atoms with E-state index in [1.54, 1.807) is 0 Å². The Balaban J connectivity index is 1.97. The van der Waals surface area contributed by atoms with Gasteiger partial charge in [0, 0.05) is 23.4 Å². The number of benzene rings is 1. The van der Waals surface area contributed by atoms with Crippen molar-refractivity contribution in [2.24, 2.45) is 5.92 Å². The summed E-state index contributed by atoms with van der Waals surface area (Å²) in [6.45, 7) is 1.75. The molecule has 2 rings (SSSR count). The van der Waals surface area contributed by atoms with Crippen LogP contribution in [0.2, 0.25) is 5.02 Å². The molecule has 4 heteroatoms. The fourth-order valence-electron chi connectivity index (χ4n) is 2.33. The van der Waals surface area contributed by atoms with Crippen molar-refractivity contribution in [1.82, 2.24) is 4.90 Å². The second kappa shape index (κ2) is 6.58. The molecule has 2 nitrogen and oxygen atoms in total. The Hall–Kier alpha value is -0.540. The van der Waals surface area contributed by atoms with Crippen molar-refractivity contribution in [2.45, 2.75) is 19.3 Å². The summed E-state index contributed by atoms with van der Waals surface area (Å²) in [4.78, 5) is 14.2. The number of hydrogen-bond donors (Lipinski definition) is 0. The van der Waals surface area contributed by atoms with E-state index in [1.165, 1.54) is 6.42 Å². The van der Waals surface area contributed by atoms with Crippen molar-refractivity contribution in [3.05, 3.63) is 34.9 Å². The Morgan fingerprint density at radius 3 is 2.94 bits per heavy atom. The maximum Gasteiger partial charge on any atom is 0.227 e. The average molecular weight is 331 g/mol. The summed E-state index contributed by atoms with van der Waals surface area (Å²) in [5.41, 5.74) is 0.921. The van der Waals surface area contributed by atoms with Crippen LogP contribution in [0.1, 0.15) is 18.4 Å². The standard InChI is InChI=1S/C14H17BrClNO/c15-9-11-4-3-7-17(10-11)14(18)8-12-5-1-2-6-13(12)16/h1-2,5-6,11H,3-4,7-10H2. The molecule has 0 aliphatic carbocycles. The second-order valence-electron chi connectivity index (χ2n) is 4.77. The highest BCUT2D eigenvalue weighted by Crippen LogP contribution is 2.21. The van der Waals surface area contributed by atoms with Gasteiger partial charge in [0.05, 0.1) is 6.42 Å². The first-order chi connectivity index (χ1) is 8.70. The molecule has 0 aromatic heterocycles. The van der Waals surface area contributed by atoms with Crippen LogP contribution in [0.15, 0.2) is 24.3 Å². The van der Waals surface area contributed by atoms with Gasteiger partial charge in [-0.05, 0) is 30.4 Å². The van der Waals surface area contributed by atoms with Gasteiger partial charge in [0.1, 0.15) is 0 Å². The number of hydrogen-bond acceptors (Lipinski definition) is 1. The average Bonchev–Trinajstić information content (AvgIpc) is 2.41. The number of rotatable bonds is 3. The number of amides is 1. The summed E-state index contributed by atoms with van der Waals surface area (Å²) in [6.07, 6.45) is 2.72. The number of carbonyl (C=O) groups excluding carboxylic acids is 1. The molecular weight excluding hydrogens is 314 g/mol. The van der Waals surface area contributed by atoms with Crippen LogP contribution in [0.4, 0.5) is 0 Å². The minimum Gasteiger partial charge on any atom is -0.342 e. The maximum atomic E-state index is 12.2. The van der Waals surface area contributed by atoms with Crippen molar-refractivity contribution in [3.8, 4) is 0 Å². The van der Waals surface area contributed by atoms with E-state index in [4.69, 9.17) is 11.6 Å². The molecule has 0 saturated carbocycles. The van der Waals surface area contributed by atoms with Gasteiger partial charge in [-0.15, -0.1) is 0 Å². The molecule has 18 heavy (non-hydrogen) atoms. The van der Waals surface area contributed by atoms with E-state index in [0.717, 1.165) is 30.4 Å². The molecule has 1 aliphatic rings. The number of carbonyl (C=O) groups is 1. The quantitative estimate of drug-likeness (QED) is 0.777. The number of likely N-dealkylation sites (tertiary alicyclic amines) is 1. The van der Waals surface area contributed by atoms with Crippen LogP contribution in [0.25, 0.3) is 0 Å². The first-order valence-electron chi connectivity index (χ1n) is 6.28. The molecule has 0 bridgehead atoms. The Bertz CT molecular complexity index is 424. The third-order valence-electron chi connectivity index (χ3n) is 3.39. The maximum absolute atomic E-state index is 12.2. The normalized spacial score (nSPS) is 19.9. The predicted octanol–water partition coefficient (Wildman–Crippen LogP) is 3.52. The Kier molecular flexibility index (Phi) is 5.07. The summed E-state index contributed by atoms with van der Waals surface area (Å²) in [5.74, 6) is 0.780. The number of piperidine rings is 1. The molecule has 1 saturated heterocycles. The zero-order chi connectivity index (χ0) is 13.0. The van der Waals surface area contributed by atoms with E-state index in [9.17, 15) is 4.79 Å². The lowest BCUT2D eigenvalue weighted by Gasteiger charge is -2.32. The van der Waals surface area contributed by atoms with Crippen LogP contribution in [0.5, 0.6) is 0 Å². The number of alkyl halides is 1. The predicted molar refractivity (Wildman–Crippen MR) is 78.3 cm³/mol. The van der Waals surface area contributed by atoms with E-state index in [2.05, 4.69) is 15.9 Å². The first kappa shape index (κ1) is 13.9. The van der Waals surface area contributed by atoms with Gasteiger partial charge in [-0.25, -0.2) is 0 Å². The SMILES string of the molecule is O=C(Cc1ccccc1Cl)N1CCCC(CBr)C1. The molecule has 1 amide bonds. The number of halogens is 2. The lowest BCUT2D eigenvalue weighted by molar-refractivity contribution is -0.132. The summed E-state index contributed by atoms with van der Waals surface area (Å²) in [5, 5.41) is 1.66. The molecule has 1 unspecified atom stereocenters. The van der Waals surface area contributed by atoms with E-state index in [0.29, 0.717) is 17.4 Å². The molecule has 1 heterocycles. The van der Waals surface area contributed by atoms with Gasteiger partial charge < -0.3 is 4.90 Å². The summed E-state index contributed by atoms with van der Waals surface area (Å²) in [7, 11) is 0. The lowest BCUT2D eigenvalue weighted by Crippen LogP contribution is -2.41. The molecule has 1 aromatic rings. The highest BCUT2D eigenvalue weighted by molar-refractivity contribution is 9.09. The van der Waals surface area contributed by atoms with Crippen LogP contribution in [-0.2, 0) is 11.2 Å². The summed E-state index contributed by atoms with van der Waals surface area (Å²) < 4.78 is 0. The van der Waals surface area contributed by atoms with Crippen LogP contribution in [-0.4, -0.2) is 29.2 Å². The molecule has 0 radical (unpaired) electrons. The van der Waals surface area contributed by atoms with E-state index in [-0.39, 0.29) is 5.91 Å². The minimum atomic E-state index is 0.189. The molecule has 1 fully saturated rings. The van der Waals surface area contributed by atoms with Crippen LogP contribution >= 0.6 is 27.5 Å². The summed E-state index contributed by atoms with van der Waals surface area (Å²) in [6, 6.07) is 7.57. The van der Waals surface area contributed by atoms with Gasteiger partial charge in [0.2, 0.25) is 5.91 Å². The molecule has 1 aromatic carbocycles. The topological polar surface area (TPSA) is 20.3 Å². The Labute approximate surface area is 121 Å². The smallest absolute Gasteiger partial charge is 0.227 e. The fourth-order valence-corrected chi connectivity index (χ4v) is 3.07. The van der Waals surface area contributed by atoms with Gasteiger partial charge >= 0.3 is 0 Å². The van der Waals surface area contributed by atoms with Gasteiger partial charge in [-0.3, -0.25) is 4.79 Å². The Morgan fingerprint density at radius 2 is 2.22 bits per heavy atom. The molecule has 0 spiro atoms. The highest BCUT2D eigenvalue weighted by atomic mass is 79.9. The minimum absolute atomic E-state index is 0.189. The van der Waals surface area contributed by atoms with Gasteiger partial charge in [-0.2, -0.15) is 0 Å². The largest absolute Gasteiger partial charge is 0.342 e. The van der Waals surface area contributed by atoms with Crippen LogP contribution in [0.3, 0.4) is 0 Å². The van der Waals surface area contributed by atoms with Crippen molar-refractivity contribution in [2.75, 3.05) is 18.4 Å². The third-order valence-corrected chi connectivity index (χ3v) is 4.67. The van der Waals surface area contributed by atoms with Crippen molar-refractivity contribution >= 4 is 33.4 Å². The summed E-state index contributed by atoms with van der Waals surface area (Å²) >= 11 is 9.59. The first-order valence-corrected chi connectivity index (χ1v) is 7.78. The van der Waals surface area contributed by atoms with Gasteiger partial charge in [0.15, 0.2) is 0 Å². The van der Waals surface area contributed by atoms with Crippen molar-refractivity contribution in [3.63, 3.8) is 0 Å². The molecular formula is C14H17BrClNO. The van der Waals surface area contributed by atoms with E-state index >= 15 is 0 Å². The monoisotopic (exact) mass is 329 g/mol. The van der Waals surface area contributed by atoms with Crippen LogP contribution < -0.4 is 0 Å². The number of nitrogens with zero attached hydrogens (tertiary/aromatic N) is 1. The van der Waals surface area contributed by atoms with Gasteiger partial charge in [0.25, 0.3) is 0 Å². The zero-order valence-electron chi connectivity index (χ0n) is 10.2. The van der Waals surface area contributed by atoms with Crippen molar-refractivity contribution < 1.29 is 4.79 Å². The fraction of sp³-hybridized carbons (Fsp3) is 0.500. The third kappa shape index (κ3) is 3.48. The lowest BCUT2D eigenvalue weighted by atomic mass is 9.99. The van der Waals surface area contributed by atoms with Crippen LogP contribution in [0, 0.1) is 5.92 Å². The Morgan fingerprint density at radius 1 is 1.44 bits per heavy atom. The van der Waals surface area contributed by atoms with E-state index < -0.39 is 0 Å².